The Bertz CT molecular complexity index is 797. The zero-order chi connectivity index (χ0) is 20.4. The Balaban J connectivity index is 1.60. The van der Waals surface area contributed by atoms with E-state index in [1.54, 1.807) is 0 Å². The van der Waals surface area contributed by atoms with Crippen LogP contribution in [0.3, 0.4) is 0 Å². The van der Waals surface area contributed by atoms with Crippen LogP contribution in [0.2, 0.25) is 0 Å². The monoisotopic (exact) mass is 390 g/mol. The molecule has 28 heavy (non-hydrogen) atoms. The lowest BCUT2D eigenvalue weighted by Gasteiger charge is -2.28. The van der Waals surface area contributed by atoms with Crippen LogP contribution in [0.15, 0.2) is 24.3 Å². The van der Waals surface area contributed by atoms with Gasteiger partial charge < -0.3 is 25.0 Å². The number of hydrogen-bond donors (Lipinski definition) is 1. The average molecular weight is 390 g/mol. The number of benzene rings is 1. The third-order valence-electron chi connectivity index (χ3n) is 5.17. The van der Waals surface area contributed by atoms with Gasteiger partial charge in [-0.1, -0.05) is 0 Å². The second-order valence-corrected chi connectivity index (χ2v) is 7.12. The van der Waals surface area contributed by atoms with Gasteiger partial charge in [0.15, 0.2) is 0 Å². The van der Waals surface area contributed by atoms with Gasteiger partial charge in [0.25, 0.3) is 0 Å². The zero-order valence-electron chi connectivity index (χ0n) is 15.4. The van der Waals surface area contributed by atoms with Crippen molar-refractivity contribution in [1.82, 2.24) is 10.2 Å². The standard InChI is InChI=1S/C19H22FN3O5/c1-11(18(26)22-8-2-3-15(22)19(27)28)21-17(25)12-9-16(24)23(10-12)14-6-4-13(20)5-7-14/h4-7,11-12,15H,2-3,8-10H2,1H3,(H,21,25)(H,27,28)/p-1/t11-,12-,15+/m0/s1. The number of rotatable bonds is 5. The van der Waals surface area contributed by atoms with E-state index in [9.17, 15) is 28.7 Å². The zero-order valence-corrected chi connectivity index (χ0v) is 15.4. The van der Waals surface area contributed by atoms with Crippen molar-refractivity contribution in [1.29, 1.82) is 0 Å². The van der Waals surface area contributed by atoms with Crippen LogP contribution in [0.25, 0.3) is 0 Å². The van der Waals surface area contributed by atoms with Crippen LogP contribution in [-0.2, 0) is 19.2 Å². The van der Waals surface area contributed by atoms with Crippen LogP contribution in [0.1, 0.15) is 26.2 Å². The molecule has 0 saturated carbocycles. The molecule has 0 bridgehead atoms. The SMILES string of the molecule is C[C@H](NC(=O)[C@H]1CC(=O)N(c2ccc(F)cc2)C1)C(=O)N1CCC[C@@H]1C(=O)[O-]. The predicted molar refractivity (Wildman–Crippen MR) is 94.2 cm³/mol. The highest BCUT2D eigenvalue weighted by atomic mass is 19.1. The number of anilines is 1. The number of nitrogens with one attached hydrogen (secondary N) is 1. The molecule has 1 aromatic rings. The number of hydrogen-bond acceptors (Lipinski definition) is 5. The van der Waals surface area contributed by atoms with Gasteiger partial charge >= 0.3 is 0 Å². The van der Waals surface area contributed by atoms with Crippen molar-refractivity contribution in [3.05, 3.63) is 30.1 Å². The Labute approximate surface area is 161 Å². The second kappa shape index (κ2) is 7.95. The van der Waals surface area contributed by atoms with Crippen molar-refractivity contribution < 1.29 is 28.7 Å². The lowest BCUT2D eigenvalue weighted by atomic mass is 10.1. The fourth-order valence-electron chi connectivity index (χ4n) is 3.67. The fourth-order valence-corrected chi connectivity index (χ4v) is 3.67. The number of amides is 3. The minimum absolute atomic E-state index is 0.0183. The molecule has 150 valence electrons. The van der Waals surface area contributed by atoms with E-state index in [1.807, 2.05) is 0 Å². The number of likely N-dealkylation sites (tertiary alicyclic amines) is 1. The lowest BCUT2D eigenvalue weighted by Crippen LogP contribution is -2.53. The summed E-state index contributed by atoms with van der Waals surface area (Å²) in [6, 6.07) is 3.51. The predicted octanol–water partition coefficient (Wildman–Crippen LogP) is -0.576. The molecule has 9 heteroatoms. The molecular weight excluding hydrogens is 369 g/mol. The minimum atomic E-state index is -1.30. The Kier molecular flexibility index (Phi) is 5.62. The highest BCUT2D eigenvalue weighted by molar-refractivity contribution is 6.01. The quantitative estimate of drug-likeness (QED) is 0.724. The molecule has 0 aliphatic carbocycles. The third kappa shape index (κ3) is 3.97. The van der Waals surface area contributed by atoms with Gasteiger partial charge in [-0.2, -0.15) is 0 Å². The summed E-state index contributed by atoms with van der Waals surface area (Å²) in [5, 5.41) is 13.7. The minimum Gasteiger partial charge on any atom is -0.548 e. The molecule has 0 radical (unpaired) electrons. The van der Waals surface area contributed by atoms with Crippen LogP contribution in [0.4, 0.5) is 10.1 Å². The molecule has 0 unspecified atom stereocenters. The number of carboxylic acid groups (broad SMARTS) is 1. The Morgan fingerprint density at radius 3 is 2.57 bits per heavy atom. The smallest absolute Gasteiger partial charge is 0.245 e. The van der Waals surface area contributed by atoms with Crippen molar-refractivity contribution in [2.75, 3.05) is 18.0 Å². The molecule has 2 saturated heterocycles. The number of halogens is 1. The molecule has 0 aromatic heterocycles. The molecule has 2 fully saturated rings. The molecule has 1 N–H and O–H groups in total. The summed E-state index contributed by atoms with van der Waals surface area (Å²) in [6.07, 6.45) is 0.878. The largest absolute Gasteiger partial charge is 0.548 e. The first-order valence-corrected chi connectivity index (χ1v) is 9.15. The van der Waals surface area contributed by atoms with Crippen LogP contribution >= 0.6 is 0 Å². The van der Waals surface area contributed by atoms with Gasteiger partial charge in [-0.3, -0.25) is 14.4 Å². The highest BCUT2D eigenvalue weighted by Gasteiger charge is 2.37. The van der Waals surface area contributed by atoms with E-state index in [0.29, 0.717) is 25.1 Å². The molecule has 2 aliphatic rings. The summed E-state index contributed by atoms with van der Waals surface area (Å²) in [7, 11) is 0. The van der Waals surface area contributed by atoms with E-state index < -0.39 is 41.6 Å². The van der Waals surface area contributed by atoms with E-state index >= 15 is 0 Å². The first-order chi connectivity index (χ1) is 13.3. The first kappa shape index (κ1) is 19.8. The number of carboxylic acids is 1. The third-order valence-corrected chi connectivity index (χ3v) is 5.17. The van der Waals surface area contributed by atoms with Crippen molar-refractivity contribution in [3.63, 3.8) is 0 Å². The normalized spacial score (nSPS) is 23.0. The van der Waals surface area contributed by atoms with E-state index in [4.69, 9.17) is 0 Å². The number of carbonyl (C=O) groups is 4. The Morgan fingerprint density at radius 1 is 1.25 bits per heavy atom. The van der Waals surface area contributed by atoms with Crippen LogP contribution in [0.5, 0.6) is 0 Å². The fraction of sp³-hybridized carbons (Fsp3) is 0.474. The maximum Gasteiger partial charge on any atom is 0.245 e. The van der Waals surface area contributed by atoms with Crippen LogP contribution < -0.4 is 15.3 Å². The van der Waals surface area contributed by atoms with Crippen LogP contribution in [0, 0.1) is 11.7 Å². The van der Waals surface area contributed by atoms with Crippen molar-refractivity contribution in [2.45, 2.75) is 38.3 Å². The van der Waals surface area contributed by atoms with Gasteiger partial charge in [0.1, 0.15) is 11.9 Å². The van der Waals surface area contributed by atoms with E-state index in [1.165, 1.54) is 41.0 Å². The van der Waals surface area contributed by atoms with Crippen molar-refractivity contribution >= 4 is 29.4 Å². The Morgan fingerprint density at radius 2 is 1.93 bits per heavy atom. The number of aliphatic carboxylic acids is 1. The van der Waals surface area contributed by atoms with Crippen molar-refractivity contribution in [2.24, 2.45) is 5.92 Å². The molecule has 2 heterocycles. The molecule has 3 atom stereocenters. The van der Waals surface area contributed by atoms with Gasteiger partial charge in [0.05, 0.1) is 17.9 Å². The summed E-state index contributed by atoms with van der Waals surface area (Å²) < 4.78 is 13.1. The first-order valence-electron chi connectivity index (χ1n) is 9.15. The van der Waals surface area contributed by atoms with E-state index in [2.05, 4.69) is 5.32 Å². The van der Waals surface area contributed by atoms with Gasteiger partial charge in [-0.05, 0) is 44.0 Å². The van der Waals surface area contributed by atoms with Crippen LogP contribution in [-0.4, -0.2) is 53.8 Å². The van der Waals surface area contributed by atoms with Crippen molar-refractivity contribution in [3.8, 4) is 0 Å². The maximum atomic E-state index is 13.1. The van der Waals surface area contributed by atoms with E-state index in [-0.39, 0.29) is 18.9 Å². The van der Waals surface area contributed by atoms with Gasteiger partial charge in [-0.25, -0.2) is 4.39 Å². The van der Waals surface area contributed by atoms with Gasteiger partial charge in [0.2, 0.25) is 17.7 Å². The topological polar surface area (TPSA) is 110 Å². The second-order valence-electron chi connectivity index (χ2n) is 7.12. The molecule has 3 rings (SSSR count). The lowest BCUT2D eigenvalue weighted by molar-refractivity contribution is -0.310. The van der Waals surface area contributed by atoms with Gasteiger partial charge in [-0.15, -0.1) is 0 Å². The van der Waals surface area contributed by atoms with E-state index in [0.717, 1.165) is 0 Å². The molecule has 2 aliphatic heterocycles. The average Bonchev–Trinajstić information content (AvgIpc) is 3.28. The summed E-state index contributed by atoms with van der Waals surface area (Å²) in [4.78, 5) is 51.0. The summed E-state index contributed by atoms with van der Waals surface area (Å²) in [5.74, 6) is -3.58. The number of carbonyl (C=O) groups excluding carboxylic acids is 4. The summed E-state index contributed by atoms with van der Waals surface area (Å²) in [6.45, 7) is 1.92. The summed E-state index contributed by atoms with van der Waals surface area (Å²) in [5.41, 5.74) is 0.500. The molecule has 0 spiro atoms. The molecule has 8 nitrogen and oxygen atoms in total. The summed E-state index contributed by atoms with van der Waals surface area (Å²) >= 11 is 0. The number of nitrogens with zero attached hydrogens (tertiary/aromatic N) is 2. The maximum absolute atomic E-state index is 13.1. The molecule has 1 aromatic carbocycles. The highest BCUT2D eigenvalue weighted by Crippen LogP contribution is 2.25. The Hall–Kier alpha value is -2.97. The van der Waals surface area contributed by atoms with Gasteiger partial charge in [0, 0.05) is 25.2 Å². The molecule has 3 amide bonds. The molecular formula is C19H21FN3O5-.